The van der Waals surface area contributed by atoms with Gasteiger partial charge in [-0.15, -0.1) is 0 Å². The minimum Gasteiger partial charge on any atom is -0.347 e. The van der Waals surface area contributed by atoms with Gasteiger partial charge in [0.05, 0.1) is 0 Å². The number of hydrogen-bond donors (Lipinski definition) is 1. The molecule has 0 unspecified atom stereocenters. The molecule has 0 bridgehead atoms. The van der Waals surface area contributed by atoms with E-state index in [0.29, 0.717) is 0 Å². The smallest absolute Gasteiger partial charge is 0.173 e. The number of anilines is 1. The minimum absolute atomic E-state index is 0.653. The van der Waals surface area contributed by atoms with E-state index in [9.17, 15) is 4.21 Å². The van der Waals surface area contributed by atoms with Gasteiger partial charge in [0.2, 0.25) is 0 Å². The Balaban J connectivity index is 1.91. The van der Waals surface area contributed by atoms with Gasteiger partial charge in [-0.2, -0.15) is 0 Å². The van der Waals surface area contributed by atoms with E-state index >= 15 is 0 Å². The quantitative estimate of drug-likeness (QED) is 0.769. The molecule has 0 radical (unpaired) electrons. The van der Waals surface area contributed by atoms with Crippen molar-refractivity contribution in [2.45, 2.75) is 0 Å². The van der Waals surface area contributed by atoms with Crippen LogP contribution in [0.4, 0.5) is 5.69 Å². The zero-order valence-electron chi connectivity index (χ0n) is 8.89. The van der Waals surface area contributed by atoms with Crippen LogP contribution >= 0.6 is 12.2 Å². The van der Waals surface area contributed by atoms with E-state index in [0.717, 1.165) is 35.4 Å². The first-order valence-electron chi connectivity index (χ1n) is 5.21. The first kappa shape index (κ1) is 11.5. The van der Waals surface area contributed by atoms with Gasteiger partial charge in [-0.1, -0.05) is 18.2 Å². The molecule has 16 heavy (non-hydrogen) atoms. The summed E-state index contributed by atoms with van der Waals surface area (Å²) in [4.78, 5) is 2.07. The Morgan fingerprint density at radius 1 is 1.25 bits per heavy atom. The molecule has 1 heterocycles. The number of thiocarbonyl (C=S) groups is 1. The van der Waals surface area contributed by atoms with E-state index < -0.39 is 10.8 Å². The SMILES string of the molecule is O=S1CCN(C(=S)Nc2ccccc2)CC1. The molecule has 0 spiro atoms. The van der Waals surface area contributed by atoms with Crippen LogP contribution in [0, 0.1) is 0 Å². The molecular formula is C11H14N2OS2. The zero-order chi connectivity index (χ0) is 11.4. The molecule has 1 N–H and O–H groups in total. The lowest BCUT2D eigenvalue weighted by molar-refractivity contribution is 0.462. The second kappa shape index (κ2) is 5.41. The maximum absolute atomic E-state index is 11.2. The fourth-order valence-corrected chi connectivity index (χ4v) is 2.92. The molecule has 5 heteroatoms. The summed E-state index contributed by atoms with van der Waals surface area (Å²) < 4.78 is 11.2. The van der Waals surface area contributed by atoms with Gasteiger partial charge in [0.25, 0.3) is 0 Å². The van der Waals surface area contributed by atoms with Gasteiger partial charge < -0.3 is 10.2 Å². The Bertz CT molecular complexity index is 384. The van der Waals surface area contributed by atoms with Crippen molar-refractivity contribution >= 4 is 33.8 Å². The average Bonchev–Trinajstić information content (AvgIpc) is 2.31. The second-order valence-corrected chi connectivity index (χ2v) is 5.71. The first-order chi connectivity index (χ1) is 7.75. The molecule has 1 aromatic rings. The van der Waals surface area contributed by atoms with E-state index in [1.807, 2.05) is 30.3 Å². The normalized spacial score (nSPS) is 17.1. The second-order valence-electron chi connectivity index (χ2n) is 3.63. The van der Waals surface area contributed by atoms with Gasteiger partial charge >= 0.3 is 0 Å². The van der Waals surface area contributed by atoms with Crippen LogP contribution in [-0.2, 0) is 10.8 Å². The summed E-state index contributed by atoms with van der Waals surface area (Å²) in [6, 6.07) is 9.87. The summed E-state index contributed by atoms with van der Waals surface area (Å²) >= 11 is 5.31. The minimum atomic E-state index is -0.653. The van der Waals surface area contributed by atoms with Crippen molar-refractivity contribution in [1.29, 1.82) is 0 Å². The molecule has 86 valence electrons. The largest absolute Gasteiger partial charge is 0.347 e. The molecule has 1 saturated heterocycles. The third-order valence-electron chi connectivity index (χ3n) is 2.49. The summed E-state index contributed by atoms with van der Waals surface area (Å²) in [6.07, 6.45) is 0. The van der Waals surface area contributed by atoms with Gasteiger partial charge in [0, 0.05) is 41.1 Å². The number of nitrogens with one attached hydrogen (secondary N) is 1. The van der Waals surface area contributed by atoms with Crippen molar-refractivity contribution in [3.8, 4) is 0 Å². The number of rotatable bonds is 1. The highest BCUT2D eigenvalue weighted by molar-refractivity contribution is 7.85. The summed E-state index contributed by atoms with van der Waals surface area (Å²) in [7, 11) is -0.653. The van der Waals surface area contributed by atoms with Crippen molar-refractivity contribution in [3.05, 3.63) is 30.3 Å². The molecule has 0 amide bonds. The molecule has 1 aromatic carbocycles. The predicted molar refractivity (Wildman–Crippen MR) is 72.1 cm³/mol. The fourth-order valence-electron chi connectivity index (χ4n) is 1.56. The van der Waals surface area contributed by atoms with Crippen LogP contribution in [0.3, 0.4) is 0 Å². The Kier molecular flexibility index (Phi) is 3.90. The van der Waals surface area contributed by atoms with Gasteiger partial charge in [-0.05, 0) is 24.4 Å². The molecule has 0 aliphatic carbocycles. The van der Waals surface area contributed by atoms with Crippen LogP contribution in [-0.4, -0.2) is 38.8 Å². The monoisotopic (exact) mass is 254 g/mol. The van der Waals surface area contributed by atoms with Crippen LogP contribution in [0.5, 0.6) is 0 Å². The van der Waals surface area contributed by atoms with Crippen molar-refractivity contribution in [1.82, 2.24) is 4.90 Å². The molecule has 0 aromatic heterocycles. The lowest BCUT2D eigenvalue weighted by Crippen LogP contribution is -2.43. The van der Waals surface area contributed by atoms with Gasteiger partial charge in [-0.3, -0.25) is 4.21 Å². The third kappa shape index (κ3) is 3.02. The lowest BCUT2D eigenvalue weighted by atomic mass is 10.3. The van der Waals surface area contributed by atoms with Crippen LogP contribution in [0.2, 0.25) is 0 Å². The molecule has 1 aliphatic heterocycles. The fraction of sp³-hybridized carbons (Fsp3) is 0.364. The Morgan fingerprint density at radius 3 is 2.50 bits per heavy atom. The average molecular weight is 254 g/mol. The number of nitrogens with zero attached hydrogens (tertiary/aromatic N) is 1. The highest BCUT2D eigenvalue weighted by atomic mass is 32.2. The molecule has 1 fully saturated rings. The van der Waals surface area contributed by atoms with E-state index in [4.69, 9.17) is 12.2 Å². The summed E-state index contributed by atoms with van der Waals surface area (Å²) in [5.41, 5.74) is 0.999. The van der Waals surface area contributed by atoms with Crippen LogP contribution < -0.4 is 5.32 Å². The number of hydrogen-bond acceptors (Lipinski definition) is 2. The number of benzene rings is 1. The maximum atomic E-state index is 11.2. The maximum Gasteiger partial charge on any atom is 0.173 e. The molecular weight excluding hydrogens is 240 g/mol. The third-order valence-corrected chi connectivity index (χ3v) is 4.13. The van der Waals surface area contributed by atoms with Crippen molar-refractivity contribution in [2.75, 3.05) is 29.9 Å². The van der Waals surface area contributed by atoms with Crippen LogP contribution in [0.15, 0.2) is 30.3 Å². The number of para-hydroxylation sites is 1. The Hall–Kier alpha value is -0.940. The van der Waals surface area contributed by atoms with E-state index in [-0.39, 0.29) is 0 Å². The molecule has 0 saturated carbocycles. The molecule has 1 aliphatic rings. The van der Waals surface area contributed by atoms with Gasteiger partial charge in [0.1, 0.15) is 0 Å². The Morgan fingerprint density at radius 2 is 1.88 bits per heavy atom. The van der Waals surface area contributed by atoms with Crippen molar-refractivity contribution in [3.63, 3.8) is 0 Å². The van der Waals surface area contributed by atoms with E-state index in [1.54, 1.807) is 0 Å². The van der Waals surface area contributed by atoms with E-state index in [2.05, 4.69) is 10.2 Å². The van der Waals surface area contributed by atoms with Crippen molar-refractivity contribution < 1.29 is 4.21 Å². The van der Waals surface area contributed by atoms with Gasteiger partial charge in [0.15, 0.2) is 5.11 Å². The molecule has 0 atom stereocenters. The summed E-state index contributed by atoms with van der Waals surface area (Å²) in [6.45, 7) is 1.57. The molecule has 2 rings (SSSR count). The predicted octanol–water partition coefficient (Wildman–Crippen LogP) is 1.45. The summed E-state index contributed by atoms with van der Waals surface area (Å²) in [5, 5.41) is 3.91. The highest BCUT2D eigenvalue weighted by Crippen LogP contribution is 2.08. The topological polar surface area (TPSA) is 32.3 Å². The standard InChI is InChI=1S/C11H14N2OS2/c14-16-8-6-13(7-9-16)11(15)12-10-4-2-1-3-5-10/h1-5H,6-9H2,(H,12,15). The van der Waals surface area contributed by atoms with Crippen LogP contribution in [0.1, 0.15) is 0 Å². The van der Waals surface area contributed by atoms with Gasteiger partial charge in [-0.25, -0.2) is 0 Å². The first-order valence-corrected chi connectivity index (χ1v) is 7.11. The van der Waals surface area contributed by atoms with Crippen molar-refractivity contribution in [2.24, 2.45) is 0 Å². The zero-order valence-corrected chi connectivity index (χ0v) is 10.5. The van der Waals surface area contributed by atoms with Crippen LogP contribution in [0.25, 0.3) is 0 Å². The molecule has 3 nitrogen and oxygen atoms in total. The summed E-state index contributed by atoms with van der Waals surface area (Å²) in [5.74, 6) is 1.44. The van der Waals surface area contributed by atoms with E-state index in [1.165, 1.54) is 0 Å². The highest BCUT2D eigenvalue weighted by Gasteiger charge is 2.17. The lowest BCUT2D eigenvalue weighted by Gasteiger charge is -2.28. The Labute approximate surface area is 103 Å².